The molecule has 3 N–H and O–H groups in total. The van der Waals surface area contributed by atoms with Crippen LogP contribution in [0.3, 0.4) is 0 Å². The first kappa shape index (κ1) is 35.3. The van der Waals surface area contributed by atoms with E-state index < -0.39 is 7.82 Å². The Kier molecular flexibility index (Phi) is 25.5. The zero-order valence-corrected chi connectivity index (χ0v) is 24.6. The predicted molar refractivity (Wildman–Crippen MR) is 156 cm³/mol. The van der Waals surface area contributed by atoms with E-state index in [1.54, 1.807) is 5.56 Å². The molecule has 1 rings (SSSR count). The van der Waals surface area contributed by atoms with Crippen molar-refractivity contribution in [1.82, 2.24) is 0 Å². The van der Waals surface area contributed by atoms with Gasteiger partial charge in [-0.15, -0.1) is 0 Å². The maximum Gasteiger partial charge on any atom is 0.466 e. The van der Waals surface area contributed by atoms with Crippen LogP contribution in [0.4, 0.5) is 0 Å². The first-order valence-electron chi connectivity index (χ1n) is 15.2. The molecule has 0 unspecified atom stereocenters. The Morgan fingerprint density at radius 1 is 0.528 bits per heavy atom. The van der Waals surface area contributed by atoms with Gasteiger partial charge in [0.2, 0.25) is 0 Å². The van der Waals surface area contributed by atoms with Crippen LogP contribution in [0.1, 0.15) is 167 Å². The standard InChI is InChI=1S/C31H56.H3O4P/c1-3-5-7-9-11-13-15-17-19-22-26-30(31-28-24-21-25-29-31)27-23-20-18-16-14-12-10-8-6-4-2;1-5(2,3)4/h21,24-25,28-30H,3-20,22-23,26-27H2,1-2H3;(H3,1,2,3,4). The predicted octanol–water partition coefficient (Wildman–Crippen LogP) is 10.5. The minimum Gasteiger partial charge on any atom is -0.303 e. The maximum atomic E-state index is 8.88. The second-order valence-electron chi connectivity index (χ2n) is 10.6. The van der Waals surface area contributed by atoms with Crippen molar-refractivity contribution < 1.29 is 19.2 Å². The second kappa shape index (κ2) is 26.0. The van der Waals surface area contributed by atoms with E-state index in [4.69, 9.17) is 19.2 Å². The summed E-state index contributed by atoms with van der Waals surface area (Å²) in [6, 6.07) is 11.4. The molecule has 1 aromatic rings. The number of unbranched alkanes of at least 4 members (excludes halogenated alkanes) is 18. The Morgan fingerprint density at radius 3 is 1.11 bits per heavy atom. The van der Waals surface area contributed by atoms with Gasteiger partial charge in [-0.25, -0.2) is 4.57 Å². The molecule has 1 aromatic carbocycles. The maximum absolute atomic E-state index is 8.88. The smallest absolute Gasteiger partial charge is 0.303 e. The minimum absolute atomic E-state index is 0.796. The van der Waals surface area contributed by atoms with E-state index in [9.17, 15) is 0 Å². The Hall–Kier alpha value is -0.670. The normalized spacial score (nSPS) is 11.5. The number of benzene rings is 1. The van der Waals surface area contributed by atoms with Gasteiger partial charge in [-0.05, 0) is 24.3 Å². The summed E-state index contributed by atoms with van der Waals surface area (Å²) in [5, 5.41) is 0. The van der Waals surface area contributed by atoms with E-state index in [2.05, 4.69) is 44.2 Å². The van der Waals surface area contributed by atoms with Gasteiger partial charge in [-0.2, -0.15) is 0 Å². The Balaban J connectivity index is 0.00000222. The van der Waals surface area contributed by atoms with Crippen LogP contribution in [-0.4, -0.2) is 14.7 Å². The van der Waals surface area contributed by atoms with E-state index in [0.29, 0.717) is 0 Å². The Labute approximate surface area is 223 Å². The fourth-order valence-corrected chi connectivity index (χ4v) is 4.96. The van der Waals surface area contributed by atoms with Gasteiger partial charge in [0.25, 0.3) is 0 Å². The molecule has 0 spiro atoms. The van der Waals surface area contributed by atoms with E-state index >= 15 is 0 Å². The number of hydrogen-bond acceptors (Lipinski definition) is 1. The minimum atomic E-state index is -4.64. The lowest BCUT2D eigenvalue weighted by Gasteiger charge is -2.17. The lowest BCUT2D eigenvalue weighted by atomic mass is 9.88. The fraction of sp³-hybridized carbons (Fsp3) is 0.806. The van der Waals surface area contributed by atoms with Crippen LogP contribution in [0.25, 0.3) is 0 Å². The summed E-state index contributed by atoms with van der Waals surface area (Å²) in [4.78, 5) is 21.6. The Bertz CT molecular complexity index is 570. The first-order chi connectivity index (χ1) is 17.4. The van der Waals surface area contributed by atoms with E-state index in [0.717, 1.165) is 5.92 Å². The van der Waals surface area contributed by atoms with Crippen LogP contribution >= 0.6 is 7.82 Å². The molecule has 0 atom stereocenters. The highest BCUT2D eigenvalue weighted by Gasteiger charge is 2.11. The van der Waals surface area contributed by atoms with E-state index in [1.165, 1.54) is 141 Å². The molecule has 0 heterocycles. The molecular formula is C31H59O4P. The van der Waals surface area contributed by atoms with Crippen molar-refractivity contribution in [2.45, 2.75) is 161 Å². The summed E-state index contributed by atoms with van der Waals surface area (Å²) in [5.74, 6) is 0.796. The largest absolute Gasteiger partial charge is 0.466 e. The highest BCUT2D eigenvalue weighted by atomic mass is 31.2. The summed E-state index contributed by atoms with van der Waals surface area (Å²) < 4.78 is 8.88. The summed E-state index contributed by atoms with van der Waals surface area (Å²) in [7, 11) is -4.64. The summed E-state index contributed by atoms with van der Waals surface area (Å²) in [6.45, 7) is 4.61. The molecule has 0 saturated heterocycles. The van der Waals surface area contributed by atoms with Crippen molar-refractivity contribution in [3.63, 3.8) is 0 Å². The van der Waals surface area contributed by atoms with Crippen LogP contribution in [-0.2, 0) is 4.57 Å². The lowest BCUT2D eigenvalue weighted by molar-refractivity contribution is 0.275. The number of phosphoric acid groups is 1. The third kappa shape index (κ3) is 27.9. The van der Waals surface area contributed by atoms with Gasteiger partial charge < -0.3 is 14.7 Å². The van der Waals surface area contributed by atoms with E-state index in [1.807, 2.05) is 0 Å². The highest BCUT2D eigenvalue weighted by Crippen LogP contribution is 2.29. The first-order valence-corrected chi connectivity index (χ1v) is 16.8. The van der Waals surface area contributed by atoms with Crippen LogP contribution in [0, 0.1) is 0 Å². The molecule has 5 heteroatoms. The molecule has 0 aliphatic rings. The third-order valence-corrected chi connectivity index (χ3v) is 7.08. The van der Waals surface area contributed by atoms with Gasteiger partial charge in [0.1, 0.15) is 0 Å². The highest BCUT2D eigenvalue weighted by molar-refractivity contribution is 7.45. The van der Waals surface area contributed by atoms with Gasteiger partial charge >= 0.3 is 7.82 Å². The molecule has 4 nitrogen and oxygen atoms in total. The molecule has 0 bridgehead atoms. The molecule has 36 heavy (non-hydrogen) atoms. The van der Waals surface area contributed by atoms with Gasteiger partial charge in [-0.3, -0.25) is 0 Å². The number of rotatable bonds is 23. The van der Waals surface area contributed by atoms with E-state index in [-0.39, 0.29) is 0 Å². The molecule has 212 valence electrons. The van der Waals surface area contributed by atoms with Crippen LogP contribution in [0.5, 0.6) is 0 Å². The molecule has 0 aliphatic carbocycles. The fourth-order valence-electron chi connectivity index (χ4n) is 4.96. The van der Waals surface area contributed by atoms with Gasteiger partial charge in [0.05, 0.1) is 0 Å². The molecule has 0 radical (unpaired) electrons. The van der Waals surface area contributed by atoms with Gasteiger partial charge in [-0.1, -0.05) is 173 Å². The van der Waals surface area contributed by atoms with Crippen molar-refractivity contribution in [3.8, 4) is 0 Å². The summed E-state index contributed by atoms with van der Waals surface area (Å²) in [5.41, 5.74) is 1.59. The van der Waals surface area contributed by atoms with Crippen LogP contribution < -0.4 is 0 Å². The third-order valence-electron chi connectivity index (χ3n) is 7.08. The molecule has 0 aliphatic heterocycles. The SMILES string of the molecule is CCCCCCCCCCCCC(CCCCCCCCCCCC)c1ccccc1.O=P(O)(O)O. The second-order valence-corrected chi connectivity index (χ2v) is 11.6. The van der Waals surface area contributed by atoms with Crippen molar-refractivity contribution >= 4 is 7.82 Å². The Morgan fingerprint density at radius 2 is 0.806 bits per heavy atom. The molecule has 0 saturated carbocycles. The lowest BCUT2D eigenvalue weighted by Crippen LogP contribution is -1.99. The van der Waals surface area contributed by atoms with Crippen molar-refractivity contribution in [1.29, 1.82) is 0 Å². The average Bonchev–Trinajstić information content (AvgIpc) is 2.84. The zero-order valence-electron chi connectivity index (χ0n) is 23.7. The molecular weight excluding hydrogens is 467 g/mol. The van der Waals surface area contributed by atoms with Crippen molar-refractivity contribution in [2.24, 2.45) is 0 Å². The van der Waals surface area contributed by atoms with Crippen molar-refractivity contribution in [3.05, 3.63) is 35.9 Å². The van der Waals surface area contributed by atoms with Gasteiger partial charge in [0, 0.05) is 0 Å². The summed E-state index contributed by atoms with van der Waals surface area (Å²) in [6.07, 6.45) is 31.6. The summed E-state index contributed by atoms with van der Waals surface area (Å²) >= 11 is 0. The van der Waals surface area contributed by atoms with Crippen molar-refractivity contribution in [2.75, 3.05) is 0 Å². The number of hydrogen-bond donors (Lipinski definition) is 3. The van der Waals surface area contributed by atoms with Gasteiger partial charge in [0.15, 0.2) is 0 Å². The molecule has 0 fully saturated rings. The monoisotopic (exact) mass is 526 g/mol. The topological polar surface area (TPSA) is 77.8 Å². The average molecular weight is 527 g/mol. The molecule has 0 amide bonds. The zero-order chi connectivity index (χ0) is 26.7. The quantitative estimate of drug-likeness (QED) is 0.0978. The molecule has 0 aromatic heterocycles. The van der Waals surface area contributed by atoms with Crippen LogP contribution in [0.2, 0.25) is 0 Å². The van der Waals surface area contributed by atoms with Crippen LogP contribution in [0.15, 0.2) is 30.3 Å².